The van der Waals surface area contributed by atoms with Gasteiger partial charge >= 0.3 is 0 Å². The van der Waals surface area contributed by atoms with Crippen LogP contribution in [-0.4, -0.2) is 24.7 Å². The number of halogens is 1. The third kappa shape index (κ3) is 2.00. The smallest absolute Gasteiger partial charge is 0.264 e. The number of aromatic nitrogens is 4. The van der Waals surface area contributed by atoms with Crippen LogP contribution in [0.2, 0.25) is 0 Å². The molecule has 0 aliphatic heterocycles. The number of nitrogens with one attached hydrogen (secondary N) is 1. The van der Waals surface area contributed by atoms with Gasteiger partial charge in [0.25, 0.3) is 5.56 Å². The minimum Gasteiger partial charge on any atom is -0.493 e. The van der Waals surface area contributed by atoms with E-state index in [1.54, 1.807) is 18.2 Å². The highest BCUT2D eigenvalue weighted by Crippen LogP contribution is 2.27. The first-order valence-electron chi connectivity index (χ1n) is 6.07. The van der Waals surface area contributed by atoms with Crippen molar-refractivity contribution in [2.75, 3.05) is 0 Å². The van der Waals surface area contributed by atoms with Crippen molar-refractivity contribution in [1.82, 2.24) is 19.6 Å². The highest BCUT2D eigenvalue weighted by atomic mass is 79.9. The molecule has 0 saturated heterocycles. The molecule has 7 heteroatoms. The Balaban J connectivity index is 2.33. The fraction of sp³-hybridized carbons (Fsp3) is 0.154. The molecule has 102 valence electrons. The van der Waals surface area contributed by atoms with Crippen LogP contribution in [0.15, 0.2) is 33.5 Å². The second-order valence-corrected chi connectivity index (χ2v) is 5.20. The van der Waals surface area contributed by atoms with E-state index in [0.717, 1.165) is 4.47 Å². The van der Waals surface area contributed by atoms with Crippen molar-refractivity contribution in [3.8, 4) is 17.0 Å². The molecule has 0 atom stereocenters. The number of aromatic amines is 1. The van der Waals surface area contributed by atoms with Crippen LogP contribution in [0.25, 0.3) is 16.9 Å². The molecule has 1 aromatic carbocycles. The molecule has 2 heterocycles. The van der Waals surface area contributed by atoms with Crippen molar-refractivity contribution >= 4 is 21.7 Å². The highest BCUT2D eigenvalue weighted by Gasteiger charge is 2.16. The quantitative estimate of drug-likeness (QED) is 0.751. The van der Waals surface area contributed by atoms with Crippen LogP contribution < -0.4 is 5.56 Å². The zero-order valence-electron chi connectivity index (χ0n) is 10.6. The fourth-order valence-corrected chi connectivity index (χ4v) is 2.41. The standard InChI is InChI=1S/C13H11BrN4O2/c1-2-9-15-13-16-11(19)10(12(20)18(13)17-9)7-4-3-5-8(14)6-7/h3-6,20H,2H2,1H3,(H,15,16,17,19). The Labute approximate surface area is 122 Å². The molecule has 20 heavy (non-hydrogen) atoms. The first kappa shape index (κ1) is 12.9. The normalized spacial score (nSPS) is 11.1. The van der Waals surface area contributed by atoms with E-state index in [0.29, 0.717) is 17.8 Å². The molecule has 6 nitrogen and oxygen atoms in total. The van der Waals surface area contributed by atoms with Gasteiger partial charge in [-0.05, 0) is 17.7 Å². The van der Waals surface area contributed by atoms with Crippen molar-refractivity contribution < 1.29 is 5.11 Å². The summed E-state index contributed by atoms with van der Waals surface area (Å²) in [6.45, 7) is 1.90. The summed E-state index contributed by atoms with van der Waals surface area (Å²) < 4.78 is 2.07. The summed E-state index contributed by atoms with van der Waals surface area (Å²) in [6.07, 6.45) is 0.620. The van der Waals surface area contributed by atoms with Gasteiger partial charge in [-0.25, -0.2) is 0 Å². The Bertz CT molecular complexity index is 853. The Morgan fingerprint density at radius 1 is 1.45 bits per heavy atom. The van der Waals surface area contributed by atoms with Crippen LogP contribution in [0.3, 0.4) is 0 Å². The molecule has 0 fully saturated rings. The molecular formula is C13H11BrN4O2. The highest BCUT2D eigenvalue weighted by molar-refractivity contribution is 9.10. The largest absolute Gasteiger partial charge is 0.493 e. The van der Waals surface area contributed by atoms with Crippen molar-refractivity contribution in [2.24, 2.45) is 0 Å². The maximum atomic E-state index is 12.2. The molecule has 0 unspecified atom stereocenters. The zero-order chi connectivity index (χ0) is 14.3. The summed E-state index contributed by atoms with van der Waals surface area (Å²) in [4.78, 5) is 18.9. The molecule has 2 aromatic heterocycles. The van der Waals surface area contributed by atoms with Crippen LogP contribution >= 0.6 is 15.9 Å². The number of benzene rings is 1. The number of hydrogen-bond donors (Lipinski definition) is 2. The van der Waals surface area contributed by atoms with Crippen LogP contribution in [0.5, 0.6) is 5.88 Å². The lowest BCUT2D eigenvalue weighted by atomic mass is 10.1. The van der Waals surface area contributed by atoms with E-state index in [1.165, 1.54) is 4.52 Å². The monoisotopic (exact) mass is 334 g/mol. The molecule has 0 amide bonds. The summed E-state index contributed by atoms with van der Waals surface area (Å²) in [5, 5.41) is 14.5. The molecular weight excluding hydrogens is 324 g/mol. The molecule has 0 aliphatic carbocycles. The number of aryl methyl sites for hydroxylation is 1. The maximum absolute atomic E-state index is 12.2. The predicted octanol–water partition coefficient (Wildman–Crippen LogP) is 2.12. The molecule has 0 radical (unpaired) electrons. The van der Waals surface area contributed by atoms with Gasteiger partial charge in [0.2, 0.25) is 11.7 Å². The average molecular weight is 335 g/mol. The second-order valence-electron chi connectivity index (χ2n) is 4.28. The molecule has 0 saturated carbocycles. The Morgan fingerprint density at radius 3 is 2.95 bits per heavy atom. The van der Waals surface area contributed by atoms with E-state index in [1.807, 2.05) is 13.0 Å². The second kappa shape index (κ2) is 4.75. The number of fused-ring (bicyclic) bond motifs is 1. The van der Waals surface area contributed by atoms with Crippen LogP contribution in [-0.2, 0) is 6.42 Å². The van der Waals surface area contributed by atoms with E-state index in [4.69, 9.17) is 0 Å². The van der Waals surface area contributed by atoms with E-state index >= 15 is 0 Å². The van der Waals surface area contributed by atoms with Gasteiger partial charge in [-0.1, -0.05) is 35.0 Å². The summed E-state index contributed by atoms with van der Waals surface area (Å²) in [5.74, 6) is 0.583. The Hall–Kier alpha value is -2.15. The van der Waals surface area contributed by atoms with Gasteiger partial charge in [0.05, 0.1) is 0 Å². The summed E-state index contributed by atoms with van der Waals surface area (Å²) >= 11 is 3.34. The fourth-order valence-electron chi connectivity index (χ4n) is 2.01. The van der Waals surface area contributed by atoms with Crippen molar-refractivity contribution in [3.05, 3.63) is 44.9 Å². The van der Waals surface area contributed by atoms with E-state index in [-0.39, 0.29) is 17.2 Å². The third-order valence-corrected chi connectivity index (χ3v) is 3.45. The van der Waals surface area contributed by atoms with Gasteiger partial charge in [0, 0.05) is 10.9 Å². The molecule has 0 bridgehead atoms. The van der Waals surface area contributed by atoms with Gasteiger partial charge < -0.3 is 5.11 Å². The molecule has 0 spiro atoms. The van der Waals surface area contributed by atoms with E-state index in [9.17, 15) is 9.90 Å². The lowest BCUT2D eigenvalue weighted by molar-refractivity contribution is 0.436. The van der Waals surface area contributed by atoms with Gasteiger partial charge in [-0.3, -0.25) is 9.78 Å². The van der Waals surface area contributed by atoms with E-state index < -0.39 is 5.56 Å². The van der Waals surface area contributed by atoms with Gasteiger partial charge in [0.1, 0.15) is 5.56 Å². The Morgan fingerprint density at radius 2 is 2.25 bits per heavy atom. The number of nitrogens with zero attached hydrogens (tertiary/aromatic N) is 3. The molecule has 3 aromatic rings. The van der Waals surface area contributed by atoms with Gasteiger partial charge in [-0.15, -0.1) is 5.10 Å². The topological polar surface area (TPSA) is 83.3 Å². The number of aromatic hydroxyl groups is 1. The summed E-state index contributed by atoms with van der Waals surface area (Å²) in [5.41, 5.74) is 0.378. The third-order valence-electron chi connectivity index (χ3n) is 2.96. The first-order chi connectivity index (χ1) is 9.60. The van der Waals surface area contributed by atoms with Gasteiger partial charge in [0.15, 0.2) is 5.82 Å². The average Bonchev–Trinajstić information content (AvgIpc) is 2.82. The van der Waals surface area contributed by atoms with Gasteiger partial charge in [-0.2, -0.15) is 9.50 Å². The number of H-pyrrole nitrogens is 1. The number of hydrogen-bond acceptors (Lipinski definition) is 4. The minimum absolute atomic E-state index is 0.173. The maximum Gasteiger partial charge on any atom is 0.264 e. The van der Waals surface area contributed by atoms with Crippen LogP contribution in [0.1, 0.15) is 12.7 Å². The van der Waals surface area contributed by atoms with Crippen LogP contribution in [0.4, 0.5) is 0 Å². The van der Waals surface area contributed by atoms with Crippen molar-refractivity contribution in [1.29, 1.82) is 0 Å². The summed E-state index contributed by atoms with van der Waals surface area (Å²) in [7, 11) is 0. The lowest BCUT2D eigenvalue weighted by Crippen LogP contribution is -2.12. The molecule has 0 aliphatic rings. The first-order valence-corrected chi connectivity index (χ1v) is 6.86. The molecule has 3 rings (SSSR count). The zero-order valence-corrected chi connectivity index (χ0v) is 12.2. The summed E-state index contributed by atoms with van der Waals surface area (Å²) in [6, 6.07) is 7.14. The predicted molar refractivity (Wildman–Crippen MR) is 77.8 cm³/mol. The Kier molecular flexibility index (Phi) is 3.06. The number of rotatable bonds is 2. The van der Waals surface area contributed by atoms with Crippen molar-refractivity contribution in [3.63, 3.8) is 0 Å². The van der Waals surface area contributed by atoms with Crippen LogP contribution in [0, 0.1) is 0 Å². The minimum atomic E-state index is -0.400. The molecule has 2 N–H and O–H groups in total. The van der Waals surface area contributed by atoms with E-state index in [2.05, 4.69) is 31.0 Å². The van der Waals surface area contributed by atoms with Crippen molar-refractivity contribution in [2.45, 2.75) is 13.3 Å². The SMILES string of the molecule is CCc1nc2[nH]c(=O)c(-c3cccc(Br)c3)c(O)n2n1. The lowest BCUT2D eigenvalue weighted by Gasteiger charge is -2.05.